The molecule has 2 aromatic rings. The lowest BCUT2D eigenvalue weighted by atomic mass is 10.1. The summed E-state index contributed by atoms with van der Waals surface area (Å²) in [6, 6.07) is 16.8. The van der Waals surface area contributed by atoms with Crippen molar-refractivity contribution < 1.29 is 17.9 Å². The second kappa shape index (κ2) is 9.24. The van der Waals surface area contributed by atoms with Crippen LogP contribution in [-0.4, -0.2) is 43.3 Å². The smallest absolute Gasteiger partial charge is 0.254 e. The Bertz CT molecular complexity index is 879. The summed E-state index contributed by atoms with van der Waals surface area (Å²) in [4.78, 5) is 14.8. The highest BCUT2D eigenvalue weighted by Crippen LogP contribution is 2.22. The summed E-state index contributed by atoms with van der Waals surface area (Å²) in [5, 5.41) is 0. The van der Waals surface area contributed by atoms with Crippen LogP contribution in [0.1, 0.15) is 42.1 Å². The molecule has 1 amide bonds. The molecular weight excluding hydrogens is 374 g/mol. The zero-order valence-corrected chi connectivity index (χ0v) is 17.0. The third kappa shape index (κ3) is 5.35. The number of benzene rings is 2. The largest absolute Gasteiger partial charge is 0.489 e. The van der Waals surface area contributed by atoms with Gasteiger partial charge in [-0.2, -0.15) is 0 Å². The minimum absolute atomic E-state index is 0.0702. The Kier molecular flexibility index (Phi) is 6.73. The van der Waals surface area contributed by atoms with Gasteiger partial charge < -0.3 is 9.64 Å². The maximum absolute atomic E-state index is 13.0. The number of rotatable bonds is 8. The first-order valence-electron chi connectivity index (χ1n) is 9.76. The van der Waals surface area contributed by atoms with E-state index in [4.69, 9.17) is 4.74 Å². The van der Waals surface area contributed by atoms with Gasteiger partial charge in [0.2, 0.25) is 0 Å². The van der Waals surface area contributed by atoms with Gasteiger partial charge in [-0.1, -0.05) is 43.7 Å². The summed E-state index contributed by atoms with van der Waals surface area (Å²) in [5.74, 6) is 0.828. The van der Waals surface area contributed by atoms with E-state index in [2.05, 4.69) is 6.92 Å². The van der Waals surface area contributed by atoms with E-state index in [9.17, 15) is 13.2 Å². The molecule has 6 heteroatoms. The molecule has 3 rings (SSSR count). The van der Waals surface area contributed by atoms with Crippen molar-refractivity contribution in [1.82, 2.24) is 4.90 Å². The highest BCUT2D eigenvalue weighted by Gasteiger charge is 2.34. The molecule has 0 N–H and O–H groups in total. The van der Waals surface area contributed by atoms with Gasteiger partial charge in [0.25, 0.3) is 5.91 Å². The molecule has 2 aromatic carbocycles. The zero-order chi connectivity index (χ0) is 20.0. The van der Waals surface area contributed by atoms with Gasteiger partial charge in [-0.05, 0) is 42.7 Å². The van der Waals surface area contributed by atoms with E-state index < -0.39 is 9.84 Å². The van der Waals surface area contributed by atoms with Crippen LogP contribution in [0.2, 0.25) is 0 Å². The predicted octanol–water partition coefficient (Wildman–Crippen LogP) is 3.70. The first-order valence-corrected chi connectivity index (χ1v) is 11.6. The third-order valence-corrected chi connectivity index (χ3v) is 6.76. The maximum atomic E-state index is 13.0. The average molecular weight is 402 g/mol. The molecule has 0 bridgehead atoms. The summed E-state index contributed by atoms with van der Waals surface area (Å²) >= 11 is 0. The van der Waals surface area contributed by atoms with Crippen LogP contribution in [0.5, 0.6) is 5.75 Å². The van der Waals surface area contributed by atoms with Crippen molar-refractivity contribution in [2.75, 3.05) is 18.1 Å². The molecule has 0 spiro atoms. The molecule has 1 atom stereocenters. The first-order chi connectivity index (χ1) is 13.5. The van der Waals surface area contributed by atoms with E-state index in [1.54, 1.807) is 29.2 Å². The number of hydrogen-bond donors (Lipinski definition) is 0. The van der Waals surface area contributed by atoms with Crippen LogP contribution < -0.4 is 4.74 Å². The fourth-order valence-corrected chi connectivity index (χ4v) is 5.13. The Hall–Kier alpha value is -2.34. The summed E-state index contributed by atoms with van der Waals surface area (Å²) in [6.07, 6.45) is 2.34. The molecule has 5 nitrogen and oxygen atoms in total. The van der Waals surface area contributed by atoms with Gasteiger partial charge in [0.15, 0.2) is 9.84 Å². The van der Waals surface area contributed by atoms with E-state index in [-0.39, 0.29) is 23.5 Å². The normalized spacial score (nSPS) is 18.0. The number of sulfone groups is 1. The molecule has 1 saturated heterocycles. The number of hydrogen-bond acceptors (Lipinski definition) is 4. The minimum Gasteiger partial charge on any atom is -0.489 e. The van der Waals surface area contributed by atoms with Crippen LogP contribution in [0.3, 0.4) is 0 Å². The average Bonchev–Trinajstić information content (AvgIpc) is 3.07. The molecule has 1 fully saturated rings. The zero-order valence-electron chi connectivity index (χ0n) is 16.2. The molecule has 0 aliphatic carbocycles. The lowest BCUT2D eigenvalue weighted by molar-refractivity contribution is 0.0694. The molecule has 1 aliphatic rings. The predicted molar refractivity (Wildman–Crippen MR) is 110 cm³/mol. The highest BCUT2D eigenvalue weighted by atomic mass is 32.2. The van der Waals surface area contributed by atoms with Crippen molar-refractivity contribution in [3.05, 3.63) is 65.7 Å². The molecule has 1 aliphatic heterocycles. The van der Waals surface area contributed by atoms with Gasteiger partial charge in [0.1, 0.15) is 12.4 Å². The van der Waals surface area contributed by atoms with Crippen LogP contribution in [-0.2, 0) is 16.4 Å². The number of amides is 1. The molecule has 150 valence electrons. The molecule has 0 aromatic heterocycles. The van der Waals surface area contributed by atoms with Crippen molar-refractivity contribution in [2.24, 2.45) is 0 Å². The summed E-state index contributed by atoms with van der Waals surface area (Å²) in [6.45, 7) is 3.12. The summed E-state index contributed by atoms with van der Waals surface area (Å²) in [5.41, 5.74) is 1.64. The van der Waals surface area contributed by atoms with Gasteiger partial charge in [-0.25, -0.2) is 8.42 Å². The van der Waals surface area contributed by atoms with Gasteiger partial charge in [-0.15, -0.1) is 0 Å². The Morgan fingerprint density at radius 3 is 2.43 bits per heavy atom. The van der Waals surface area contributed by atoms with Crippen molar-refractivity contribution >= 4 is 15.7 Å². The molecule has 0 saturated carbocycles. The second-order valence-electron chi connectivity index (χ2n) is 7.21. The quantitative estimate of drug-likeness (QED) is 0.677. The monoisotopic (exact) mass is 401 g/mol. The molecule has 1 unspecified atom stereocenters. The molecule has 28 heavy (non-hydrogen) atoms. The molecule has 0 radical (unpaired) electrons. The van der Waals surface area contributed by atoms with Crippen molar-refractivity contribution in [3.8, 4) is 5.75 Å². The lowest BCUT2D eigenvalue weighted by Gasteiger charge is -2.28. The molecular formula is C22H27NO4S. The number of carbonyl (C=O) groups is 1. The van der Waals surface area contributed by atoms with E-state index in [0.717, 1.165) is 18.4 Å². The summed E-state index contributed by atoms with van der Waals surface area (Å²) < 4.78 is 29.5. The number of carbonyl (C=O) groups excluding carboxylic acids is 1. The van der Waals surface area contributed by atoms with E-state index in [0.29, 0.717) is 30.9 Å². The van der Waals surface area contributed by atoms with Gasteiger partial charge >= 0.3 is 0 Å². The van der Waals surface area contributed by atoms with Crippen LogP contribution in [0.15, 0.2) is 54.6 Å². The minimum atomic E-state index is -3.04. The summed E-state index contributed by atoms with van der Waals surface area (Å²) in [7, 11) is -3.04. The Labute approximate surface area is 167 Å². The van der Waals surface area contributed by atoms with Gasteiger partial charge in [0, 0.05) is 18.2 Å². The van der Waals surface area contributed by atoms with Crippen LogP contribution in [0.25, 0.3) is 0 Å². The maximum Gasteiger partial charge on any atom is 0.254 e. The first kappa shape index (κ1) is 20.4. The topological polar surface area (TPSA) is 63.7 Å². The third-order valence-electron chi connectivity index (χ3n) is 5.01. The van der Waals surface area contributed by atoms with Crippen molar-refractivity contribution in [3.63, 3.8) is 0 Å². The lowest BCUT2D eigenvalue weighted by Crippen LogP contribution is -2.41. The van der Waals surface area contributed by atoms with Crippen LogP contribution >= 0.6 is 0 Å². The fraction of sp³-hybridized carbons (Fsp3) is 0.409. The highest BCUT2D eigenvalue weighted by molar-refractivity contribution is 7.91. The van der Waals surface area contributed by atoms with Gasteiger partial charge in [0.05, 0.1) is 11.5 Å². The number of unbranched alkanes of at least 4 members (excludes halogenated alkanes) is 1. The Morgan fingerprint density at radius 2 is 1.82 bits per heavy atom. The number of nitrogens with zero attached hydrogens (tertiary/aromatic N) is 1. The second-order valence-corrected chi connectivity index (χ2v) is 9.44. The van der Waals surface area contributed by atoms with Gasteiger partial charge in [-0.3, -0.25) is 4.79 Å². The van der Waals surface area contributed by atoms with E-state index >= 15 is 0 Å². The Balaban J connectivity index is 1.67. The van der Waals surface area contributed by atoms with Crippen LogP contribution in [0, 0.1) is 0 Å². The standard InChI is InChI=1S/C22H27NO4S/c1-2-3-14-23(20-13-15-28(25,26)17-20)22(24)19-9-11-21(12-10-19)27-16-18-7-5-4-6-8-18/h4-12,20H,2-3,13-17H2,1H3. The fourth-order valence-electron chi connectivity index (χ4n) is 3.40. The Morgan fingerprint density at radius 1 is 1.11 bits per heavy atom. The SMILES string of the molecule is CCCCN(C(=O)c1ccc(OCc2ccccc2)cc1)C1CCS(=O)(=O)C1. The van der Waals surface area contributed by atoms with E-state index in [1.165, 1.54) is 0 Å². The van der Waals surface area contributed by atoms with Crippen molar-refractivity contribution in [2.45, 2.75) is 38.8 Å². The molecule has 1 heterocycles. The van der Waals surface area contributed by atoms with Crippen molar-refractivity contribution in [1.29, 1.82) is 0 Å². The van der Waals surface area contributed by atoms with Crippen LogP contribution in [0.4, 0.5) is 0 Å². The van der Waals surface area contributed by atoms with E-state index in [1.807, 2.05) is 30.3 Å². The number of ether oxygens (including phenoxy) is 1.